The second-order valence-corrected chi connectivity index (χ2v) is 6.34. The number of nitrogens with zero attached hydrogens (tertiary/aromatic N) is 5. The molecular formula is C15H27IN6O. The fourth-order valence-electron chi connectivity index (χ4n) is 2.78. The molecule has 1 aliphatic heterocycles. The maximum atomic E-state index is 5.29. The van der Waals surface area contributed by atoms with Crippen molar-refractivity contribution in [3.05, 3.63) is 11.6 Å². The average Bonchev–Trinajstić information content (AvgIpc) is 3.12. The van der Waals surface area contributed by atoms with Crippen molar-refractivity contribution < 1.29 is 4.74 Å². The van der Waals surface area contributed by atoms with E-state index in [0.29, 0.717) is 18.5 Å². The minimum atomic E-state index is 0. The summed E-state index contributed by atoms with van der Waals surface area (Å²) in [5.74, 6) is 3.44. The first-order valence-corrected chi connectivity index (χ1v) is 8.07. The largest absolute Gasteiger partial charge is 0.384 e. The molecule has 1 saturated carbocycles. The van der Waals surface area contributed by atoms with E-state index in [1.165, 1.54) is 19.3 Å². The van der Waals surface area contributed by atoms with Gasteiger partial charge in [0, 0.05) is 39.2 Å². The van der Waals surface area contributed by atoms with Gasteiger partial charge < -0.3 is 19.5 Å². The third-order valence-corrected chi connectivity index (χ3v) is 4.45. The van der Waals surface area contributed by atoms with Gasteiger partial charge in [-0.1, -0.05) is 0 Å². The summed E-state index contributed by atoms with van der Waals surface area (Å²) in [5.41, 5.74) is 0. The minimum Gasteiger partial charge on any atom is -0.384 e. The normalized spacial score (nSPS) is 21.4. The zero-order valence-corrected chi connectivity index (χ0v) is 16.5. The van der Waals surface area contributed by atoms with Crippen molar-refractivity contribution in [3.63, 3.8) is 0 Å². The quantitative estimate of drug-likeness (QED) is 0.430. The zero-order chi connectivity index (χ0) is 15.5. The van der Waals surface area contributed by atoms with E-state index in [1.807, 2.05) is 18.5 Å². The maximum absolute atomic E-state index is 5.29. The molecule has 2 aliphatic rings. The number of likely N-dealkylation sites (tertiary alicyclic amines) is 1. The van der Waals surface area contributed by atoms with Crippen LogP contribution in [0.15, 0.2) is 4.99 Å². The number of hydrogen-bond donors (Lipinski definition) is 1. The summed E-state index contributed by atoms with van der Waals surface area (Å²) in [7, 11) is 3.76. The van der Waals surface area contributed by atoms with Crippen LogP contribution < -0.4 is 5.32 Å². The van der Waals surface area contributed by atoms with Crippen LogP contribution in [0.2, 0.25) is 0 Å². The second kappa shape index (κ2) is 8.27. The molecule has 0 amide bonds. The molecule has 8 heteroatoms. The molecule has 1 atom stereocenters. The van der Waals surface area contributed by atoms with Gasteiger partial charge in [-0.2, -0.15) is 0 Å². The van der Waals surface area contributed by atoms with Crippen molar-refractivity contribution in [2.45, 2.75) is 38.8 Å². The van der Waals surface area contributed by atoms with Gasteiger partial charge >= 0.3 is 0 Å². The van der Waals surface area contributed by atoms with Gasteiger partial charge in [0.1, 0.15) is 12.4 Å². The lowest BCUT2D eigenvalue weighted by molar-refractivity contribution is 0.157. The molecule has 23 heavy (non-hydrogen) atoms. The van der Waals surface area contributed by atoms with Crippen LogP contribution in [0.25, 0.3) is 0 Å². The summed E-state index contributed by atoms with van der Waals surface area (Å²) in [5, 5.41) is 11.9. The summed E-state index contributed by atoms with van der Waals surface area (Å²) < 4.78 is 7.28. The molecule has 2 heterocycles. The van der Waals surface area contributed by atoms with E-state index in [0.717, 1.165) is 37.3 Å². The smallest absolute Gasteiger partial charge is 0.194 e. The van der Waals surface area contributed by atoms with Crippen molar-refractivity contribution in [3.8, 4) is 0 Å². The highest BCUT2D eigenvalue weighted by molar-refractivity contribution is 14.0. The van der Waals surface area contributed by atoms with Gasteiger partial charge in [0.05, 0.1) is 6.61 Å². The number of ether oxygens (including phenoxy) is 1. The Morgan fingerprint density at radius 3 is 2.74 bits per heavy atom. The highest BCUT2D eigenvalue weighted by Gasteiger charge is 2.29. The predicted octanol–water partition coefficient (Wildman–Crippen LogP) is 1.32. The predicted molar refractivity (Wildman–Crippen MR) is 100 cm³/mol. The van der Waals surface area contributed by atoms with Crippen molar-refractivity contribution in [1.29, 1.82) is 0 Å². The summed E-state index contributed by atoms with van der Waals surface area (Å²) in [4.78, 5) is 7.14. The molecule has 1 aromatic rings. The van der Waals surface area contributed by atoms with Crippen molar-refractivity contribution >= 4 is 29.9 Å². The molecule has 1 aromatic heterocycles. The standard InChI is InChI=1S/C15H26N6O.HI/c1-11-18-19-14(20(11)2)8-16-15(17-13-4-5-13)21-7-6-12(9-21)10-22-3;/h12-13H,4-10H2,1-3H3,(H,16,17);1H. The maximum Gasteiger partial charge on any atom is 0.194 e. The highest BCUT2D eigenvalue weighted by atomic mass is 127. The molecule has 2 fully saturated rings. The molecule has 1 aliphatic carbocycles. The third-order valence-electron chi connectivity index (χ3n) is 4.45. The van der Waals surface area contributed by atoms with E-state index in [2.05, 4.69) is 20.4 Å². The summed E-state index contributed by atoms with van der Waals surface area (Å²) in [6, 6.07) is 0.599. The Kier molecular flexibility index (Phi) is 6.63. The number of aryl methyl sites for hydroxylation is 1. The number of hydrogen-bond acceptors (Lipinski definition) is 4. The fraction of sp³-hybridized carbons (Fsp3) is 0.800. The van der Waals surface area contributed by atoms with Gasteiger partial charge in [-0.3, -0.25) is 0 Å². The van der Waals surface area contributed by atoms with E-state index in [4.69, 9.17) is 9.73 Å². The SMILES string of the molecule is COCC1CCN(C(=NCc2nnc(C)n2C)NC2CC2)C1.I. The zero-order valence-electron chi connectivity index (χ0n) is 14.2. The van der Waals surface area contributed by atoms with Gasteiger partial charge in [0.2, 0.25) is 0 Å². The van der Waals surface area contributed by atoms with Crippen molar-refractivity contribution in [1.82, 2.24) is 25.0 Å². The topological polar surface area (TPSA) is 67.6 Å². The molecule has 1 saturated heterocycles. The van der Waals surface area contributed by atoms with Gasteiger partial charge in [-0.05, 0) is 26.2 Å². The molecule has 130 valence electrons. The summed E-state index contributed by atoms with van der Waals surface area (Å²) in [6.45, 7) is 5.42. The molecule has 3 rings (SSSR count). The first-order valence-electron chi connectivity index (χ1n) is 8.07. The second-order valence-electron chi connectivity index (χ2n) is 6.34. The number of aliphatic imine (C=N–C) groups is 1. The van der Waals surface area contributed by atoms with Crippen molar-refractivity contribution in [2.24, 2.45) is 18.0 Å². The van der Waals surface area contributed by atoms with Crippen LogP contribution in [-0.2, 0) is 18.3 Å². The van der Waals surface area contributed by atoms with E-state index >= 15 is 0 Å². The number of nitrogens with one attached hydrogen (secondary N) is 1. The Balaban J connectivity index is 0.00000192. The lowest BCUT2D eigenvalue weighted by Crippen LogP contribution is -2.41. The van der Waals surface area contributed by atoms with Crippen LogP contribution >= 0.6 is 24.0 Å². The highest BCUT2D eigenvalue weighted by Crippen LogP contribution is 2.21. The van der Waals surface area contributed by atoms with Crippen LogP contribution in [0.4, 0.5) is 0 Å². The van der Waals surface area contributed by atoms with Crippen LogP contribution in [0.5, 0.6) is 0 Å². The fourth-order valence-corrected chi connectivity index (χ4v) is 2.78. The summed E-state index contributed by atoms with van der Waals surface area (Å²) >= 11 is 0. The van der Waals surface area contributed by atoms with Crippen molar-refractivity contribution in [2.75, 3.05) is 26.8 Å². The van der Waals surface area contributed by atoms with Crippen LogP contribution in [-0.4, -0.2) is 58.5 Å². The Morgan fingerprint density at radius 1 is 1.35 bits per heavy atom. The molecule has 0 radical (unpaired) electrons. The van der Waals surface area contributed by atoms with Gasteiger partial charge in [0.15, 0.2) is 11.8 Å². The molecular weight excluding hydrogens is 407 g/mol. The molecule has 0 bridgehead atoms. The minimum absolute atomic E-state index is 0. The average molecular weight is 434 g/mol. The Labute approximate surface area is 154 Å². The number of methoxy groups -OCH3 is 1. The van der Waals surface area contributed by atoms with E-state index in [1.54, 1.807) is 7.11 Å². The van der Waals surface area contributed by atoms with E-state index < -0.39 is 0 Å². The van der Waals surface area contributed by atoms with Crippen LogP contribution in [0.3, 0.4) is 0 Å². The lowest BCUT2D eigenvalue weighted by atomic mass is 10.1. The monoisotopic (exact) mass is 434 g/mol. The van der Waals surface area contributed by atoms with Crippen LogP contribution in [0, 0.1) is 12.8 Å². The first kappa shape index (κ1) is 18.4. The van der Waals surface area contributed by atoms with Gasteiger partial charge in [-0.25, -0.2) is 4.99 Å². The van der Waals surface area contributed by atoms with E-state index in [-0.39, 0.29) is 24.0 Å². The molecule has 1 N–H and O–H groups in total. The number of aromatic nitrogens is 3. The summed E-state index contributed by atoms with van der Waals surface area (Å²) in [6.07, 6.45) is 3.66. The number of guanidine groups is 1. The first-order chi connectivity index (χ1) is 10.7. The molecule has 1 unspecified atom stereocenters. The van der Waals surface area contributed by atoms with Gasteiger partial charge in [0.25, 0.3) is 0 Å². The number of rotatable bonds is 5. The number of halogens is 1. The van der Waals surface area contributed by atoms with Gasteiger partial charge in [-0.15, -0.1) is 34.2 Å². The molecule has 0 aromatic carbocycles. The van der Waals surface area contributed by atoms with Crippen LogP contribution in [0.1, 0.15) is 30.9 Å². The Morgan fingerprint density at radius 2 is 2.13 bits per heavy atom. The molecule has 0 spiro atoms. The lowest BCUT2D eigenvalue weighted by Gasteiger charge is -2.22. The Bertz CT molecular complexity index is 542. The molecule has 7 nitrogen and oxygen atoms in total. The van der Waals surface area contributed by atoms with E-state index in [9.17, 15) is 0 Å². The Hall–Kier alpha value is -0.900. The third kappa shape index (κ3) is 4.79.